The Morgan fingerprint density at radius 2 is 2.20 bits per heavy atom. The van der Waals surface area contributed by atoms with Gasteiger partial charge in [-0.1, -0.05) is 11.6 Å². The Morgan fingerprint density at radius 3 is 2.80 bits per heavy atom. The molecule has 1 atom stereocenters. The molecule has 2 aromatic rings. The average molecular weight is 311 g/mol. The first kappa shape index (κ1) is 14.7. The number of nitrogens with one attached hydrogen (secondary N) is 2. The normalized spacial score (nSPS) is 12.0. The lowest BCUT2D eigenvalue weighted by Crippen LogP contribution is -2.31. The summed E-state index contributed by atoms with van der Waals surface area (Å²) in [4.78, 5) is 21.2. The van der Waals surface area contributed by atoms with Crippen LogP contribution >= 0.6 is 22.9 Å². The second-order valence-electron chi connectivity index (χ2n) is 4.34. The summed E-state index contributed by atoms with van der Waals surface area (Å²) in [5, 5.41) is 6.79. The van der Waals surface area contributed by atoms with E-state index >= 15 is 0 Å². The molecule has 0 aliphatic heterocycles. The maximum Gasteiger partial charge on any atom is 0.319 e. The van der Waals surface area contributed by atoms with Gasteiger partial charge in [-0.05, 0) is 32.9 Å². The van der Waals surface area contributed by atoms with Crippen LogP contribution in [0.2, 0.25) is 5.15 Å². The molecule has 0 radical (unpaired) electrons. The minimum atomic E-state index is -0.321. The van der Waals surface area contributed by atoms with Crippen LogP contribution in [-0.4, -0.2) is 16.0 Å². The fourth-order valence-corrected chi connectivity index (χ4v) is 2.95. The van der Waals surface area contributed by atoms with E-state index in [2.05, 4.69) is 20.6 Å². The number of rotatable bonds is 3. The van der Waals surface area contributed by atoms with Gasteiger partial charge in [-0.25, -0.2) is 14.8 Å². The standard InChI is InChI=1S/C13H15ClN4OS/c1-7-11(20-9(3)16-7)8(2)17-13(19)18-10-5-4-6-15-12(10)14/h4-6,8H,1-3H3,(H2,17,18,19)/t8-/m1/s1. The Hall–Kier alpha value is -1.66. The first-order valence-electron chi connectivity index (χ1n) is 6.09. The second-order valence-corrected chi connectivity index (χ2v) is 5.94. The average Bonchev–Trinajstić information content (AvgIpc) is 2.71. The molecule has 0 bridgehead atoms. The number of halogens is 1. The number of aryl methyl sites for hydroxylation is 2. The Bertz CT molecular complexity index is 629. The molecule has 5 nitrogen and oxygen atoms in total. The third-order valence-electron chi connectivity index (χ3n) is 2.69. The number of thiazole rings is 1. The van der Waals surface area contributed by atoms with Crippen LogP contribution in [0.3, 0.4) is 0 Å². The van der Waals surface area contributed by atoms with E-state index in [0.29, 0.717) is 5.69 Å². The summed E-state index contributed by atoms with van der Waals surface area (Å²) >= 11 is 7.47. The Balaban J connectivity index is 2.01. The molecule has 2 aromatic heterocycles. The van der Waals surface area contributed by atoms with Crippen molar-refractivity contribution in [2.24, 2.45) is 0 Å². The fraction of sp³-hybridized carbons (Fsp3) is 0.308. The van der Waals surface area contributed by atoms with Crippen LogP contribution in [0.4, 0.5) is 10.5 Å². The molecule has 2 N–H and O–H groups in total. The SMILES string of the molecule is Cc1nc(C)c([C@@H](C)NC(=O)Nc2cccnc2Cl)s1. The van der Waals surface area contributed by atoms with Crippen molar-refractivity contribution >= 4 is 34.7 Å². The highest BCUT2D eigenvalue weighted by atomic mass is 35.5. The number of hydrogen-bond acceptors (Lipinski definition) is 4. The number of hydrogen-bond donors (Lipinski definition) is 2. The van der Waals surface area contributed by atoms with Gasteiger partial charge in [0, 0.05) is 11.1 Å². The maximum absolute atomic E-state index is 11.9. The van der Waals surface area contributed by atoms with E-state index in [-0.39, 0.29) is 17.2 Å². The van der Waals surface area contributed by atoms with Crippen molar-refractivity contribution in [3.05, 3.63) is 39.1 Å². The first-order valence-corrected chi connectivity index (χ1v) is 7.28. The van der Waals surface area contributed by atoms with Gasteiger partial charge in [-0.15, -0.1) is 11.3 Å². The van der Waals surface area contributed by atoms with Crippen LogP contribution < -0.4 is 10.6 Å². The van der Waals surface area contributed by atoms with Gasteiger partial charge in [0.1, 0.15) is 0 Å². The fourth-order valence-electron chi connectivity index (χ4n) is 1.85. The van der Waals surface area contributed by atoms with Crippen molar-refractivity contribution in [1.82, 2.24) is 15.3 Å². The van der Waals surface area contributed by atoms with Gasteiger partial charge in [0.05, 0.1) is 22.4 Å². The van der Waals surface area contributed by atoms with Crippen LogP contribution in [0.1, 0.15) is 28.5 Å². The number of aromatic nitrogens is 2. The lowest BCUT2D eigenvalue weighted by atomic mass is 10.2. The zero-order valence-electron chi connectivity index (χ0n) is 11.4. The van der Waals surface area contributed by atoms with E-state index in [1.807, 2.05) is 20.8 Å². The first-order chi connectivity index (χ1) is 9.47. The highest BCUT2D eigenvalue weighted by molar-refractivity contribution is 7.11. The van der Waals surface area contributed by atoms with Gasteiger partial charge in [-0.2, -0.15) is 0 Å². The molecule has 2 amide bonds. The van der Waals surface area contributed by atoms with Crippen molar-refractivity contribution < 1.29 is 4.79 Å². The molecule has 0 spiro atoms. The van der Waals surface area contributed by atoms with Gasteiger partial charge in [0.15, 0.2) is 5.15 Å². The number of nitrogens with zero attached hydrogens (tertiary/aromatic N) is 2. The van der Waals surface area contributed by atoms with Crippen molar-refractivity contribution in [1.29, 1.82) is 0 Å². The molecule has 20 heavy (non-hydrogen) atoms. The smallest absolute Gasteiger partial charge is 0.319 e. The second kappa shape index (κ2) is 6.19. The van der Waals surface area contributed by atoms with Crippen molar-refractivity contribution in [3.8, 4) is 0 Å². The predicted molar refractivity (Wildman–Crippen MR) is 81.4 cm³/mol. The Kier molecular flexibility index (Phi) is 4.57. The molecule has 0 saturated carbocycles. The van der Waals surface area contributed by atoms with Crippen LogP contribution in [0.25, 0.3) is 0 Å². The topological polar surface area (TPSA) is 66.9 Å². The van der Waals surface area contributed by atoms with E-state index in [4.69, 9.17) is 11.6 Å². The molecule has 2 heterocycles. The van der Waals surface area contributed by atoms with Crippen molar-refractivity contribution in [2.45, 2.75) is 26.8 Å². The van der Waals surface area contributed by atoms with E-state index in [1.165, 1.54) is 0 Å². The number of amides is 2. The Labute approximate surface area is 126 Å². The van der Waals surface area contributed by atoms with Gasteiger partial charge < -0.3 is 10.6 Å². The van der Waals surface area contributed by atoms with Crippen LogP contribution in [-0.2, 0) is 0 Å². The van der Waals surface area contributed by atoms with Crippen molar-refractivity contribution in [3.63, 3.8) is 0 Å². The Morgan fingerprint density at radius 1 is 1.45 bits per heavy atom. The summed E-state index contributed by atoms with van der Waals surface area (Å²) in [5.74, 6) is 0. The predicted octanol–water partition coefficient (Wildman–Crippen LogP) is 3.69. The molecule has 0 aliphatic carbocycles. The van der Waals surface area contributed by atoms with E-state index < -0.39 is 0 Å². The number of carbonyl (C=O) groups is 1. The molecule has 106 valence electrons. The summed E-state index contributed by atoms with van der Waals surface area (Å²) in [5.41, 5.74) is 1.43. The number of anilines is 1. The molecule has 0 fully saturated rings. The largest absolute Gasteiger partial charge is 0.330 e. The molecule has 0 saturated heterocycles. The minimum Gasteiger partial charge on any atom is -0.330 e. The van der Waals surface area contributed by atoms with Crippen molar-refractivity contribution in [2.75, 3.05) is 5.32 Å². The molecule has 0 unspecified atom stereocenters. The number of urea groups is 1. The summed E-state index contributed by atoms with van der Waals surface area (Å²) in [6, 6.07) is 2.97. The quantitative estimate of drug-likeness (QED) is 0.850. The third kappa shape index (κ3) is 3.46. The van der Waals surface area contributed by atoms with Gasteiger partial charge >= 0.3 is 6.03 Å². The third-order valence-corrected chi connectivity index (χ3v) is 4.24. The zero-order chi connectivity index (χ0) is 14.7. The highest BCUT2D eigenvalue weighted by Gasteiger charge is 2.15. The summed E-state index contributed by atoms with van der Waals surface area (Å²) in [7, 11) is 0. The number of pyridine rings is 1. The van der Waals surface area contributed by atoms with Gasteiger partial charge in [-0.3, -0.25) is 0 Å². The minimum absolute atomic E-state index is 0.114. The molecule has 0 aliphatic rings. The zero-order valence-corrected chi connectivity index (χ0v) is 13.0. The summed E-state index contributed by atoms with van der Waals surface area (Å²) in [6.45, 7) is 5.81. The molecule has 7 heteroatoms. The molecule has 0 aromatic carbocycles. The molecular weight excluding hydrogens is 296 g/mol. The van der Waals surface area contributed by atoms with Gasteiger partial charge in [0.2, 0.25) is 0 Å². The van der Waals surface area contributed by atoms with E-state index in [0.717, 1.165) is 15.6 Å². The van der Waals surface area contributed by atoms with Crippen LogP contribution in [0.15, 0.2) is 18.3 Å². The van der Waals surface area contributed by atoms with Crippen LogP contribution in [0.5, 0.6) is 0 Å². The monoisotopic (exact) mass is 310 g/mol. The highest BCUT2D eigenvalue weighted by Crippen LogP contribution is 2.24. The van der Waals surface area contributed by atoms with E-state index in [1.54, 1.807) is 29.7 Å². The summed E-state index contributed by atoms with van der Waals surface area (Å²) < 4.78 is 0. The number of carbonyl (C=O) groups excluding carboxylic acids is 1. The lowest BCUT2D eigenvalue weighted by molar-refractivity contribution is 0.249. The maximum atomic E-state index is 11.9. The summed E-state index contributed by atoms with van der Waals surface area (Å²) in [6.07, 6.45) is 1.57. The molecule has 2 rings (SSSR count). The van der Waals surface area contributed by atoms with Gasteiger partial charge in [0.25, 0.3) is 0 Å². The van der Waals surface area contributed by atoms with Crippen LogP contribution in [0, 0.1) is 13.8 Å². The molecular formula is C13H15ClN4OS. The van der Waals surface area contributed by atoms with E-state index in [9.17, 15) is 4.79 Å². The lowest BCUT2D eigenvalue weighted by Gasteiger charge is -2.14.